The van der Waals surface area contributed by atoms with Crippen LogP contribution in [0.1, 0.15) is 80.6 Å². The van der Waals surface area contributed by atoms with Crippen molar-refractivity contribution in [2.75, 3.05) is 44.7 Å². The van der Waals surface area contributed by atoms with Gasteiger partial charge in [-0.3, -0.25) is 4.90 Å². The second-order valence-corrected chi connectivity index (χ2v) is 9.58. The SMILES string of the molecule is CC.CC.CNC(=O)OC(C)(C)C.Fc1ccc(OCC(F)(F)F)c(N2CCN(C3CCCCC3)CC2)c1. The molecule has 1 amide bonds. The number of alkyl halides is 3. The number of hydrogen-bond acceptors (Lipinski definition) is 5. The van der Waals surface area contributed by atoms with Gasteiger partial charge in [-0.05, 0) is 45.7 Å². The van der Waals surface area contributed by atoms with Gasteiger partial charge in [-0.15, -0.1) is 0 Å². The molecule has 1 N–H and O–H groups in total. The highest BCUT2D eigenvalue weighted by molar-refractivity contribution is 5.67. The molecule has 0 aromatic heterocycles. The largest absolute Gasteiger partial charge is 0.482 e. The third kappa shape index (κ3) is 14.6. The van der Waals surface area contributed by atoms with E-state index in [0.29, 0.717) is 24.8 Å². The molecule has 1 aromatic rings. The minimum absolute atomic E-state index is 0.0878. The van der Waals surface area contributed by atoms with E-state index in [0.717, 1.165) is 19.2 Å². The number of alkyl carbamates (subject to hydrolysis) is 1. The minimum atomic E-state index is -4.41. The number of hydrogen-bond donors (Lipinski definition) is 1. The predicted octanol–water partition coefficient (Wildman–Crippen LogP) is 7.41. The van der Waals surface area contributed by atoms with Crippen molar-refractivity contribution in [2.45, 2.75) is 98.4 Å². The molecule has 3 rings (SSSR count). The molecular formula is C28H49F4N3O3. The summed E-state index contributed by atoms with van der Waals surface area (Å²) in [5.41, 5.74) is 0.0210. The van der Waals surface area contributed by atoms with Crippen LogP contribution in [0.2, 0.25) is 0 Å². The first-order chi connectivity index (χ1) is 17.9. The molecule has 1 aliphatic heterocycles. The van der Waals surface area contributed by atoms with Crippen LogP contribution in [0.15, 0.2) is 18.2 Å². The van der Waals surface area contributed by atoms with E-state index in [1.165, 1.54) is 51.3 Å². The van der Waals surface area contributed by atoms with E-state index in [9.17, 15) is 22.4 Å². The first kappa shape index (κ1) is 35.8. The summed E-state index contributed by atoms with van der Waals surface area (Å²) in [6.45, 7) is 15.1. The maximum absolute atomic E-state index is 13.6. The number of nitrogens with one attached hydrogen (secondary N) is 1. The van der Waals surface area contributed by atoms with E-state index >= 15 is 0 Å². The van der Waals surface area contributed by atoms with Gasteiger partial charge >= 0.3 is 12.3 Å². The summed E-state index contributed by atoms with van der Waals surface area (Å²) in [5, 5.41) is 2.36. The molecule has 1 aliphatic carbocycles. The topological polar surface area (TPSA) is 54.0 Å². The average Bonchev–Trinajstić information content (AvgIpc) is 2.90. The summed E-state index contributed by atoms with van der Waals surface area (Å²) in [6, 6.07) is 4.30. The maximum Gasteiger partial charge on any atom is 0.422 e. The van der Waals surface area contributed by atoms with Crippen LogP contribution in [0, 0.1) is 5.82 Å². The molecule has 0 atom stereocenters. The molecule has 0 radical (unpaired) electrons. The molecule has 1 saturated carbocycles. The van der Waals surface area contributed by atoms with Crippen molar-refractivity contribution in [3.63, 3.8) is 0 Å². The highest BCUT2D eigenvalue weighted by Crippen LogP contribution is 2.32. The van der Waals surface area contributed by atoms with Crippen LogP contribution in [0.25, 0.3) is 0 Å². The second-order valence-electron chi connectivity index (χ2n) is 9.58. The molecule has 2 aliphatic rings. The number of carbonyl (C=O) groups is 1. The Hall–Kier alpha value is -2.23. The van der Waals surface area contributed by atoms with E-state index in [-0.39, 0.29) is 17.4 Å². The lowest BCUT2D eigenvalue weighted by atomic mass is 9.94. The number of carbonyl (C=O) groups excluding carboxylic acids is 1. The monoisotopic (exact) mass is 551 g/mol. The fourth-order valence-electron chi connectivity index (χ4n) is 4.12. The molecule has 222 valence electrons. The standard InChI is InChI=1S/C18H24F4N2O.C6H13NO2.2C2H6/c19-14-6-7-17(25-13-18(20,21)22)16(12-14)24-10-8-23(9-11-24)15-4-2-1-3-5-15;1-6(2,3)9-5(8)7-4;2*1-2/h6-7,12,15H,1-5,8-11,13H2;1-4H3,(H,7,8);2*1-2H3. The van der Waals surface area contributed by atoms with Gasteiger partial charge in [0.25, 0.3) is 0 Å². The third-order valence-corrected chi connectivity index (χ3v) is 5.66. The van der Waals surface area contributed by atoms with Gasteiger partial charge in [0.05, 0.1) is 5.69 Å². The highest BCUT2D eigenvalue weighted by Gasteiger charge is 2.30. The van der Waals surface area contributed by atoms with Crippen molar-refractivity contribution in [1.82, 2.24) is 10.2 Å². The van der Waals surface area contributed by atoms with Gasteiger partial charge < -0.3 is 19.7 Å². The van der Waals surface area contributed by atoms with Gasteiger partial charge in [0, 0.05) is 45.3 Å². The van der Waals surface area contributed by atoms with Gasteiger partial charge in [0.15, 0.2) is 6.61 Å². The minimum Gasteiger partial charge on any atom is -0.482 e. The van der Waals surface area contributed by atoms with E-state index in [4.69, 9.17) is 9.47 Å². The number of amides is 1. The van der Waals surface area contributed by atoms with Crippen molar-refractivity contribution in [3.05, 3.63) is 24.0 Å². The van der Waals surface area contributed by atoms with Crippen molar-refractivity contribution in [3.8, 4) is 5.75 Å². The zero-order chi connectivity index (χ0) is 29.4. The molecule has 1 heterocycles. The number of nitrogens with zero attached hydrogens (tertiary/aromatic N) is 2. The lowest BCUT2D eigenvalue weighted by Gasteiger charge is -2.41. The fourth-order valence-corrected chi connectivity index (χ4v) is 4.12. The van der Waals surface area contributed by atoms with Gasteiger partial charge in [-0.2, -0.15) is 13.2 Å². The van der Waals surface area contributed by atoms with Crippen molar-refractivity contribution >= 4 is 11.8 Å². The van der Waals surface area contributed by atoms with Gasteiger partial charge in [-0.25, -0.2) is 9.18 Å². The molecule has 1 saturated heterocycles. The number of benzene rings is 1. The Labute approximate surface area is 227 Å². The molecule has 38 heavy (non-hydrogen) atoms. The van der Waals surface area contributed by atoms with Crippen molar-refractivity contribution < 1.29 is 31.8 Å². The number of ether oxygens (including phenoxy) is 2. The van der Waals surface area contributed by atoms with Crippen LogP contribution >= 0.6 is 0 Å². The van der Waals surface area contributed by atoms with Crippen LogP contribution in [-0.4, -0.2) is 68.6 Å². The summed E-state index contributed by atoms with van der Waals surface area (Å²) in [6.07, 6.45) is 1.49. The molecule has 0 unspecified atom stereocenters. The number of anilines is 1. The molecule has 0 bridgehead atoms. The molecule has 2 fully saturated rings. The van der Waals surface area contributed by atoms with Crippen LogP contribution in [0.5, 0.6) is 5.75 Å². The summed E-state index contributed by atoms with van der Waals surface area (Å²) < 4.78 is 60.7. The Kier molecular flexibility index (Phi) is 17.1. The van der Waals surface area contributed by atoms with Crippen molar-refractivity contribution in [2.24, 2.45) is 0 Å². The summed E-state index contributed by atoms with van der Waals surface area (Å²) in [5.74, 6) is -0.381. The normalized spacial score (nSPS) is 16.5. The first-order valence-electron chi connectivity index (χ1n) is 13.8. The quantitative estimate of drug-likeness (QED) is 0.395. The number of rotatable bonds is 4. The van der Waals surface area contributed by atoms with Gasteiger partial charge in [0.1, 0.15) is 17.2 Å². The summed E-state index contributed by atoms with van der Waals surface area (Å²) in [7, 11) is 1.54. The number of halogens is 4. The Bertz CT molecular complexity index is 772. The molecule has 1 aromatic carbocycles. The highest BCUT2D eigenvalue weighted by atomic mass is 19.4. The third-order valence-electron chi connectivity index (χ3n) is 5.66. The Morgan fingerprint density at radius 3 is 1.97 bits per heavy atom. The van der Waals surface area contributed by atoms with Crippen LogP contribution in [-0.2, 0) is 4.74 Å². The van der Waals surface area contributed by atoms with Crippen LogP contribution < -0.4 is 15.0 Å². The van der Waals surface area contributed by atoms with Crippen molar-refractivity contribution in [1.29, 1.82) is 0 Å². The molecular weight excluding hydrogens is 502 g/mol. The zero-order valence-corrected chi connectivity index (χ0v) is 24.5. The Morgan fingerprint density at radius 2 is 1.53 bits per heavy atom. The van der Waals surface area contributed by atoms with E-state index < -0.39 is 18.6 Å². The lowest BCUT2D eigenvalue weighted by Crippen LogP contribution is -2.51. The van der Waals surface area contributed by atoms with Gasteiger partial charge in [0.2, 0.25) is 0 Å². The average molecular weight is 552 g/mol. The van der Waals surface area contributed by atoms with E-state index in [1.54, 1.807) is 0 Å². The predicted molar refractivity (Wildman–Crippen MR) is 147 cm³/mol. The summed E-state index contributed by atoms with van der Waals surface area (Å²) in [4.78, 5) is 14.9. The number of piperazine rings is 1. The first-order valence-corrected chi connectivity index (χ1v) is 13.8. The van der Waals surface area contributed by atoms with Crippen LogP contribution in [0.3, 0.4) is 0 Å². The Morgan fingerprint density at radius 1 is 0.974 bits per heavy atom. The Balaban J connectivity index is 0.000000891. The second kappa shape index (κ2) is 18.1. The van der Waals surface area contributed by atoms with E-state index in [2.05, 4.69) is 10.2 Å². The molecule has 0 spiro atoms. The maximum atomic E-state index is 13.6. The lowest BCUT2D eigenvalue weighted by molar-refractivity contribution is -0.153. The zero-order valence-electron chi connectivity index (χ0n) is 24.5. The molecule has 10 heteroatoms. The smallest absolute Gasteiger partial charge is 0.422 e. The molecule has 6 nitrogen and oxygen atoms in total. The fraction of sp³-hybridized carbons (Fsp3) is 0.750. The summed E-state index contributed by atoms with van der Waals surface area (Å²) >= 11 is 0. The van der Waals surface area contributed by atoms with E-state index in [1.807, 2.05) is 53.4 Å². The van der Waals surface area contributed by atoms with Gasteiger partial charge in [-0.1, -0.05) is 47.0 Å². The van der Waals surface area contributed by atoms with Crippen LogP contribution in [0.4, 0.5) is 28.0 Å².